The summed E-state index contributed by atoms with van der Waals surface area (Å²) in [7, 11) is 0. The molecule has 0 saturated heterocycles. The molecule has 0 aromatic heterocycles. The van der Waals surface area contributed by atoms with E-state index >= 15 is 0 Å². The summed E-state index contributed by atoms with van der Waals surface area (Å²) in [6, 6.07) is 5.27. The first-order valence-electron chi connectivity index (χ1n) is 4.16. The Morgan fingerprint density at radius 3 is 2.69 bits per heavy atom. The molecule has 1 heterocycles. The van der Waals surface area contributed by atoms with Gasteiger partial charge in [0.2, 0.25) is 0 Å². The van der Waals surface area contributed by atoms with Gasteiger partial charge in [-0.15, -0.1) is 0 Å². The van der Waals surface area contributed by atoms with Crippen molar-refractivity contribution in [1.29, 1.82) is 0 Å². The number of hydrogen-bond donors (Lipinski definition) is 2. The number of ether oxygens (including phenoxy) is 2. The van der Waals surface area contributed by atoms with Crippen LogP contribution >= 0.6 is 0 Å². The maximum absolute atomic E-state index is 5.63. The molecule has 2 atom stereocenters. The van der Waals surface area contributed by atoms with E-state index in [2.05, 4.69) is 0 Å². The van der Waals surface area contributed by atoms with Gasteiger partial charge in [-0.3, -0.25) is 5.73 Å². The summed E-state index contributed by atoms with van der Waals surface area (Å²) >= 11 is 0. The Balaban J connectivity index is 2.03. The Morgan fingerprint density at radius 1 is 1.31 bits per heavy atom. The van der Waals surface area contributed by atoms with E-state index in [0.29, 0.717) is 5.75 Å². The minimum Gasteiger partial charge on any atom is -0.474 e. The summed E-state index contributed by atoms with van der Waals surface area (Å²) in [5.41, 5.74) is 11.2. The van der Waals surface area contributed by atoms with Crippen molar-refractivity contribution in [2.45, 2.75) is 19.2 Å². The van der Waals surface area contributed by atoms with Crippen molar-refractivity contribution < 1.29 is 9.47 Å². The molecular formula is C9H12N2O2. The first-order chi connectivity index (χ1) is 6.16. The van der Waals surface area contributed by atoms with Gasteiger partial charge in [-0.1, -0.05) is 0 Å². The van der Waals surface area contributed by atoms with Gasteiger partial charge in [0.25, 0.3) is 0 Å². The van der Waals surface area contributed by atoms with Crippen LogP contribution in [0.3, 0.4) is 0 Å². The number of fused-ring (bicyclic) bond motifs is 1. The van der Waals surface area contributed by atoms with Crippen LogP contribution in [0.5, 0.6) is 17.2 Å². The number of hydrogen-bond acceptors (Lipinski definition) is 4. The Morgan fingerprint density at radius 2 is 2.08 bits per heavy atom. The lowest BCUT2D eigenvalue weighted by molar-refractivity contribution is 0.184. The smallest absolute Gasteiger partial charge is 0.173 e. The molecule has 1 aromatic rings. The minimum absolute atomic E-state index is 0.190. The zero-order valence-corrected chi connectivity index (χ0v) is 7.36. The first kappa shape index (κ1) is 8.34. The van der Waals surface area contributed by atoms with E-state index in [1.165, 1.54) is 0 Å². The van der Waals surface area contributed by atoms with Crippen LogP contribution in [-0.2, 0) is 0 Å². The second-order valence-electron chi connectivity index (χ2n) is 3.15. The maximum Gasteiger partial charge on any atom is 0.173 e. The topological polar surface area (TPSA) is 73.8 Å². The third-order valence-electron chi connectivity index (χ3n) is 1.88. The SMILES string of the molecule is CC(N)C(N)Oc1ccc2c(c1)O2. The normalized spacial score (nSPS) is 16.8. The van der Waals surface area contributed by atoms with Crippen LogP contribution < -0.4 is 20.9 Å². The van der Waals surface area contributed by atoms with Gasteiger partial charge in [0.15, 0.2) is 17.7 Å². The molecule has 0 fully saturated rings. The van der Waals surface area contributed by atoms with Crippen LogP contribution in [0.4, 0.5) is 0 Å². The Kier molecular flexibility index (Phi) is 1.86. The summed E-state index contributed by atoms with van der Waals surface area (Å²) in [6.45, 7) is 1.80. The summed E-state index contributed by atoms with van der Waals surface area (Å²) in [6.07, 6.45) is -0.475. The van der Waals surface area contributed by atoms with Crippen LogP contribution in [0.1, 0.15) is 6.92 Å². The predicted octanol–water partition coefficient (Wildman–Crippen LogP) is 0.803. The summed E-state index contributed by atoms with van der Waals surface area (Å²) in [4.78, 5) is 0. The van der Waals surface area contributed by atoms with Crippen LogP contribution in [0.15, 0.2) is 18.2 Å². The summed E-state index contributed by atoms with van der Waals surface area (Å²) in [5.74, 6) is 2.46. The van der Waals surface area contributed by atoms with E-state index in [-0.39, 0.29) is 6.04 Å². The van der Waals surface area contributed by atoms with Crippen molar-refractivity contribution in [3.05, 3.63) is 18.2 Å². The maximum atomic E-state index is 5.63. The third kappa shape index (κ3) is 1.74. The van der Waals surface area contributed by atoms with Gasteiger partial charge in [0.1, 0.15) is 5.75 Å². The highest BCUT2D eigenvalue weighted by atomic mass is 16.6. The molecule has 4 nitrogen and oxygen atoms in total. The van der Waals surface area contributed by atoms with Gasteiger partial charge >= 0.3 is 0 Å². The fourth-order valence-corrected chi connectivity index (χ4v) is 0.983. The molecule has 0 radical (unpaired) electrons. The highest BCUT2D eigenvalue weighted by molar-refractivity contribution is 5.57. The lowest BCUT2D eigenvalue weighted by Gasteiger charge is -2.16. The van der Waals surface area contributed by atoms with Crippen LogP contribution in [-0.4, -0.2) is 12.3 Å². The van der Waals surface area contributed by atoms with Gasteiger partial charge < -0.3 is 15.2 Å². The van der Waals surface area contributed by atoms with Crippen molar-refractivity contribution >= 4 is 0 Å². The molecule has 2 unspecified atom stereocenters. The molecular weight excluding hydrogens is 168 g/mol. The lowest BCUT2D eigenvalue weighted by Crippen LogP contribution is -2.43. The lowest BCUT2D eigenvalue weighted by atomic mass is 10.3. The highest BCUT2D eigenvalue weighted by Crippen LogP contribution is 2.46. The molecule has 4 N–H and O–H groups in total. The molecule has 0 bridgehead atoms. The molecule has 0 amide bonds. The van der Waals surface area contributed by atoms with E-state index in [0.717, 1.165) is 11.5 Å². The monoisotopic (exact) mass is 180 g/mol. The van der Waals surface area contributed by atoms with E-state index in [1.54, 1.807) is 13.0 Å². The van der Waals surface area contributed by atoms with E-state index in [4.69, 9.17) is 20.9 Å². The quantitative estimate of drug-likeness (QED) is 0.541. The molecule has 1 aliphatic rings. The van der Waals surface area contributed by atoms with E-state index in [9.17, 15) is 0 Å². The standard InChI is InChI=1S/C9H12N2O2/c1-5(10)9(11)12-6-2-3-7-8(4-6)13-7/h2-5,9H,10-11H2,1H3. The average Bonchev–Trinajstić information content (AvgIpc) is 2.81. The predicted molar refractivity (Wildman–Crippen MR) is 48.8 cm³/mol. The average molecular weight is 180 g/mol. The van der Waals surface area contributed by atoms with Crippen molar-refractivity contribution in [2.75, 3.05) is 0 Å². The van der Waals surface area contributed by atoms with Gasteiger partial charge in [-0.05, 0) is 19.1 Å². The van der Waals surface area contributed by atoms with Crippen molar-refractivity contribution in [2.24, 2.45) is 11.5 Å². The second kappa shape index (κ2) is 2.90. The van der Waals surface area contributed by atoms with Crippen molar-refractivity contribution in [3.63, 3.8) is 0 Å². The largest absolute Gasteiger partial charge is 0.474 e. The van der Waals surface area contributed by atoms with Gasteiger partial charge in [0.05, 0.1) is 6.04 Å². The van der Waals surface area contributed by atoms with Crippen molar-refractivity contribution in [1.82, 2.24) is 0 Å². The number of benzene rings is 1. The molecule has 0 saturated carbocycles. The Bertz CT molecular complexity index is 325. The molecule has 2 rings (SSSR count). The third-order valence-corrected chi connectivity index (χ3v) is 1.88. The van der Waals surface area contributed by atoms with Crippen LogP contribution in [0.25, 0.3) is 0 Å². The molecule has 4 heteroatoms. The molecule has 1 aliphatic heterocycles. The first-order valence-corrected chi connectivity index (χ1v) is 4.16. The van der Waals surface area contributed by atoms with Gasteiger partial charge in [0, 0.05) is 6.07 Å². The Labute approximate surface area is 76.4 Å². The fourth-order valence-electron chi connectivity index (χ4n) is 0.983. The Hall–Kier alpha value is -1.26. The molecule has 1 aromatic carbocycles. The second-order valence-corrected chi connectivity index (χ2v) is 3.15. The molecule has 0 spiro atoms. The van der Waals surface area contributed by atoms with E-state index in [1.807, 2.05) is 12.1 Å². The summed E-state index contributed by atoms with van der Waals surface area (Å²) in [5, 5.41) is 0. The summed E-state index contributed by atoms with van der Waals surface area (Å²) < 4.78 is 10.4. The van der Waals surface area contributed by atoms with Crippen LogP contribution in [0, 0.1) is 0 Å². The fraction of sp³-hybridized carbons (Fsp3) is 0.333. The minimum atomic E-state index is -0.475. The molecule has 70 valence electrons. The van der Waals surface area contributed by atoms with Gasteiger partial charge in [-0.25, -0.2) is 0 Å². The molecule has 13 heavy (non-hydrogen) atoms. The van der Waals surface area contributed by atoms with E-state index < -0.39 is 6.23 Å². The zero-order chi connectivity index (χ0) is 9.42. The zero-order valence-electron chi connectivity index (χ0n) is 7.36. The van der Waals surface area contributed by atoms with Crippen molar-refractivity contribution in [3.8, 4) is 17.2 Å². The highest BCUT2D eigenvalue weighted by Gasteiger charge is 2.20. The molecule has 0 aliphatic carbocycles. The number of rotatable bonds is 3. The van der Waals surface area contributed by atoms with Crippen LogP contribution in [0.2, 0.25) is 0 Å². The van der Waals surface area contributed by atoms with Gasteiger partial charge in [-0.2, -0.15) is 0 Å². The number of nitrogens with two attached hydrogens (primary N) is 2.